The number of thioether (sulfide) groups is 1. The molecule has 1 saturated heterocycles. The molecule has 2 heterocycles. The van der Waals surface area contributed by atoms with Gasteiger partial charge in [0.25, 0.3) is 0 Å². The van der Waals surface area contributed by atoms with Crippen molar-refractivity contribution >= 4 is 35.3 Å². The van der Waals surface area contributed by atoms with Crippen molar-refractivity contribution in [3.05, 3.63) is 11.1 Å². The van der Waals surface area contributed by atoms with E-state index in [-0.39, 0.29) is 5.91 Å². The average molecular weight is 384 g/mol. The Kier molecular flexibility index (Phi) is 9.50. The zero-order valence-electron chi connectivity index (χ0n) is 15.0. The van der Waals surface area contributed by atoms with E-state index >= 15 is 0 Å². The van der Waals surface area contributed by atoms with Gasteiger partial charge in [-0.2, -0.15) is 0 Å². The highest BCUT2D eigenvalue weighted by Crippen LogP contribution is 2.24. The highest BCUT2D eigenvalue weighted by atomic mass is 32.2. The molecule has 0 spiro atoms. The van der Waals surface area contributed by atoms with Gasteiger partial charge in [0.05, 0.1) is 0 Å². The molecule has 0 bridgehead atoms. The van der Waals surface area contributed by atoms with Gasteiger partial charge < -0.3 is 10.2 Å². The summed E-state index contributed by atoms with van der Waals surface area (Å²) in [4.78, 5) is 29.0. The van der Waals surface area contributed by atoms with Crippen LogP contribution in [0.25, 0.3) is 0 Å². The number of amides is 1. The molecule has 1 N–H and O–H groups in total. The number of thiazole rings is 1. The predicted octanol–water partition coefficient (Wildman–Crippen LogP) is 3.60. The minimum Gasteiger partial charge on any atom is -0.338 e. The van der Waals surface area contributed by atoms with Gasteiger partial charge >= 0.3 is 0 Å². The third kappa shape index (κ3) is 7.07. The van der Waals surface area contributed by atoms with Crippen molar-refractivity contribution in [3.8, 4) is 0 Å². The molecule has 1 aliphatic heterocycles. The lowest BCUT2D eigenvalue weighted by molar-refractivity contribution is -0.128. The Hall–Kier alpha value is -0.920. The first-order chi connectivity index (χ1) is 12.2. The van der Waals surface area contributed by atoms with Crippen LogP contribution in [0, 0.1) is 0 Å². The smallest absolute Gasteiger partial charge is 0.222 e. The summed E-state index contributed by atoms with van der Waals surface area (Å²) in [5.41, 5.74) is 0.491. The summed E-state index contributed by atoms with van der Waals surface area (Å²) >= 11 is 3.11. The molecule has 1 amide bonds. The number of aromatic nitrogens is 1. The second kappa shape index (κ2) is 11.6. The molecule has 25 heavy (non-hydrogen) atoms. The largest absolute Gasteiger partial charge is 0.338 e. The van der Waals surface area contributed by atoms with Crippen molar-refractivity contribution in [2.24, 2.45) is 0 Å². The predicted molar refractivity (Wildman–Crippen MR) is 105 cm³/mol. The molecule has 0 aliphatic carbocycles. The van der Waals surface area contributed by atoms with Gasteiger partial charge in [-0.3, -0.25) is 9.59 Å². The van der Waals surface area contributed by atoms with Gasteiger partial charge in [0, 0.05) is 36.7 Å². The molecule has 1 atom stereocenters. The van der Waals surface area contributed by atoms with Crippen molar-refractivity contribution in [1.82, 2.24) is 15.2 Å². The number of aldehydes is 1. The maximum Gasteiger partial charge on any atom is 0.222 e. The SMILES string of the molecule is CCCCCCCNC[C@H]1CCC(=O)N1CCSc1nc(C=O)cs1. The number of nitrogens with one attached hydrogen (secondary N) is 1. The highest BCUT2D eigenvalue weighted by Gasteiger charge is 2.29. The summed E-state index contributed by atoms with van der Waals surface area (Å²) < 4.78 is 0.899. The van der Waals surface area contributed by atoms with Gasteiger partial charge in [-0.05, 0) is 19.4 Å². The van der Waals surface area contributed by atoms with Crippen LogP contribution in [0.2, 0.25) is 0 Å². The summed E-state index contributed by atoms with van der Waals surface area (Å²) in [7, 11) is 0. The molecule has 7 heteroatoms. The lowest BCUT2D eigenvalue weighted by Crippen LogP contribution is -2.41. The molecule has 140 valence electrons. The first-order valence-corrected chi connectivity index (χ1v) is 11.1. The van der Waals surface area contributed by atoms with Crippen LogP contribution >= 0.6 is 23.1 Å². The quantitative estimate of drug-likeness (QED) is 0.320. The van der Waals surface area contributed by atoms with Gasteiger partial charge in [-0.1, -0.05) is 44.4 Å². The van der Waals surface area contributed by atoms with Gasteiger partial charge in [0.15, 0.2) is 10.6 Å². The van der Waals surface area contributed by atoms with E-state index in [4.69, 9.17) is 0 Å². The molecule has 5 nitrogen and oxygen atoms in total. The van der Waals surface area contributed by atoms with Gasteiger partial charge in [-0.25, -0.2) is 4.98 Å². The van der Waals surface area contributed by atoms with Crippen molar-refractivity contribution < 1.29 is 9.59 Å². The van der Waals surface area contributed by atoms with Crippen LogP contribution in [0.1, 0.15) is 62.4 Å². The van der Waals surface area contributed by atoms with Crippen molar-refractivity contribution in [3.63, 3.8) is 0 Å². The molecule has 1 fully saturated rings. The lowest BCUT2D eigenvalue weighted by atomic mass is 10.1. The number of unbranched alkanes of at least 4 members (excludes halogenated alkanes) is 4. The maximum absolute atomic E-state index is 12.1. The Morgan fingerprint density at radius 2 is 2.24 bits per heavy atom. The minimum atomic E-state index is 0.267. The highest BCUT2D eigenvalue weighted by molar-refractivity contribution is 8.01. The van der Waals surface area contributed by atoms with Gasteiger partial charge in [0.2, 0.25) is 5.91 Å². The molecule has 0 unspecified atom stereocenters. The molecule has 0 radical (unpaired) electrons. The van der Waals surface area contributed by atoms with Crippen LogP contribution < -0.4 is 5.32 Å². The Bertz CT molecular complexity index is 536. The number of carbonyl (C=O) groups excluding carboxylic acids is 2. The van der Waals surface area contributed by atoms with Gasteiger partial charge in [-0.15, -0.1) is 11.3 Å². The summed E-state index contributed by atoms with van der Waals surface area (Å²) in [5, 5.41) is 5.29. The maximum atomic E-state index is 12.1. The van der Waals surface area contributed by atoms with Crippen LogP contribution in [0.5, 0.6) is 0 Å². The van der Waals surface area contributed by atoms with E-state index in [0.717, 1.165) is 42.4 Å². The average Bonchev–Trinajstić information content (AvgIpc) is 3.22. The van der Waals surface area contributed by atoms with E-state index in [2.05, 4.69) is 17.2 Å². The van der Waals surface area contributed by atoms with E-state index in [1.807, 2.05) is 4.90 Å². The fraction of sp³-hybridized carbons (Fsp3) is 0.722. The monoisotopic (exact) mass is 383 g/mol. The molecule has 0 aromatic carbocycles. The molecule has 1 aromatic rings. The lowest BCUT2D eigenvalue weighted by Gasteiger charge is -2.25. The second-order valence-corrected chi connectivity index (χ2v) is 8.60. The molecule has 0 saturated carbocycles. The number of carbonyl (C=O) groups is 2. The van der Waals surface area contributed by atoms with Crippen LogP contribution in [0.3, 0.4) is 0 Å². The summed E-state index contributed by atoms with van der Waals surface area (Å²) in [5.74, 6) is 1.09. The fourth-order valence-corrected chi connectivity index (χ4v) is 4.84. The second-order valence-electron chi connectivity index (χ2n) is 6.40. The number of hydrogen-bond acceptors (Lipinski definition) is 6. The molecule has 1 aliphatic rings. The van der Waals surface area contributed by atoms with Crippen LogP contribution in [-0.4, -0.2) is 53.5 Å². The normalized spacial score (nSPS) is 17.4. The molecular weight excluding hydrogens is 354 g/mol. The summed E-state index contributed by atoms with van der Waals surface area (Å²) in [6, 6.07) is 0.325. The van der Waals surface area contributed by atoms with Crippen LogP contribution in [0.15, 0.2) is 9.72 Å². The number of rotatable bonds is 13. The van der Waals surface area contributed by atoms with E-state index in [9.17, 15) is 9.59 Å². The van der Waals surface area contributed by atoms with Crippen molar-refractivity contribution in [2.45, 2.75) is 62.3 Å². The molecule has 2 rings (SSSR count). The Labute approximate surface area is 159 Å². The van der Waals surface area contributed by atoms with E-state index in [1.165, 1.54) is 43.4 Å². The number of nitrogens with zero attached hydrogens (tertiary/aromatic N) is 2. The zero-order chi connectivity index (χ0) is 17.9. The number of likely N-dealkylation sites (tertiary alicyclic amines) is 1. The Balaban J connectivity index is 1.63. The Morgan fingerprint density at radius 3 is 3.00 bits per heavy atom. The van der Waals surface area contributed by atoms with Gasteiger partial charge in [0.1, 0.15) is 5.69 Å². The first-order valence-electron chi connectivity index (χ1n) is 9.28. The third-order valence-corrected chi connectivity index (χ3v) is 6.49. The molecular formula is C18H29N3O2S2. The minimum absolute atomic E-state index is 0.267. The van der Waals surface area contributed by atoms with E-state index in [0.29, 0.717) is 18.2 Å². The summed E-state index contributed by atoms with van der Waals surface area (Å²) in [6.07, 6.45) is 8.85. The van der Waals surface area contributed by atoms with Crippen LogP contribution in [-0.2, 0) is 4.79 Å². The Morgan fingerprint density at radius 1 is 1.40 bits per heavy atom. The topological polar surface area (TPSA) is 62.3 Å². The fourth-order valence-electron chi connectivity index (χ4n) is 3.06. The van der Waals surface area contributed by atoms with Crippen molar-refractivity contribution in [2.75, 3.05) is 25.4 Å². The van der Waals surface area contributed by atoms with E-state index < -0.39 is 0 Å². The number of hydrogen-bond donors (Lipinski definition) is 1. The van der Waals surface area contributed by atoms with Crippen molar-refractivity contribution in [1.29, 1.82) is 0 Å². The first kappa shape index (κ1) is 20.4. The molecule has 1 aromatic heterocycles. The summed E-state index contributed by atoms with van der Waals surface area (Å²) in [6.45, 7) is 4.93. The standard InChI is InChI=1S/C18H29N3O2S2/c1-2-3-4-5-6-9-19-12-16-7-8-17(23)21(16)10-11-24-18-20-15(13-22)14-25-18/h13-14,16,19H,2-12H2,1H3/t16-/m1/s1. The zero-order valence-corrected chi connectivity index (χ0v) is 16.7. The van der Waals surface area contributed by atoms with Crippen LogP contribution in [0.4, 0.5) is 0 Å². The van der Waals surface area contributed by atoms with E-state index in [1.54, 1.807) is 17.1 Å². The third-order valence-electron chi connectivity index (χ3n) is 4.47.